The molecule has 2 atom stereocenters. The number of ketones is 1. The number of phenolic OH excluding ortho intramolecular Hbond substituents is 4. The molecule has 0 bridgehead atoms. The van der Waals surface area contributed by atoms with Crippen molar-refractivity contribution in [3.8, 4) is 34.5 Å². The Labute approximate surface area is 193 Å². The van der Waals surface area contributed by atoms with Crippen molar-refractivity contribution in [1.82, 2.24) is 0 Å². The number of carbonyl (C=O) groups excluding carboxylic acids is 1. The average molecular weight is 455 g/mol. The fraction of sp³-hybridized carbons (Fsp3) is 0.346. The molecule has 0 aliphatic carbocycles. The number of hydrogen-bond acceptors (Lipinski definition) is 7. The van der Waals surface area contributed by atoms with E-state index in [0.29, 0.717) is 18.4 Å². The van der Waals surface area contributed by atoms with E-state index in [0.717, 1.165) is 23.3 Å². The molecule has 1 heterocycles. The van der Waals surface area contributed by atoms with Crippen molar-refractivity contribution in [1.29, 1.82) is 0 Å². The van der Waals surface area contributed by atoms with E-state index in [2.05, 4.69) is 12.7 Å². The first-order valence-corrected chi connectivity index (χ1v) is 10.7. The van der Waals surface area contributed by atoms with Gasteiger partial charge in [-0.25, -0.2) is 0 Å². The Hall–Kier alpha value is -3.61. The van der Waals surface area contributed by atoms with Crippen LogP contribution in [0.3, 0.4) is 0 Å². The van der Waals surface area contributed by atoms with E-state index in [4.69, 9.17) is 9.47 Å². The predicted octanol–water partition coefficient (Wildman–Crippen LogP) is 5.32. The van der Waals surface area contributed by atoms with Crippen molar-refractivity contribution in [3.05, 3.63) is 58.7 Å². The van der Waals surface area contributed by atoms with Crippen molar-refractivity contribution in [2.75, 3.05) is 7.11 Å². The van der Waals surface area contributed by atoms with Crippen LogP contribution in [0.1, 0.15) is 61.2 Å². The van der Waals surface area contributed by atoms with Gasteiger partial charge in [0.1, 0.15) is 34.7 Å². The van der Waals surface area contributed by atoms with Crippen molar-refractivity contribution < 1.29 is 34.7 Å². The van der Waals surface area contributed by atoms with Crippen molar-refractivity contribution in [3.63, 3.8) is 0 Å². The minimum atomic E-state index is -0.902. The van der Waals surface area contributed by atoms with Gasteiger partial charge in [0.2, 0.25) is 0 Å². The van der Waals surface area contributed by atoms with E-state index in [9.17, 15) is 25.2 Å². The first-order valence-electron chi connectivity index (χ1n) is 10.7. The first-order chi connectivity index (χ1) is 15.5. The number of fused-ring (bicyclic) bond motifs is 1. The molecule has 2 aromatic rings. The number of aromatic hydroxyl groups is 4. The summed E-state index contributed by atoms with van der Waals surface area (Å²) in [7, 11) is 1.37. The van der Waals surface area contributed by atoms with Gasteiger partial charge >= 0.3 is 0 Å². The zero-order valence-corrected chi connectivity index (χ0v) is 19.3. The van der Waals surface area contributed by atoms with Crippen LogP contribution in [0.2, 0.25) is 0 Å². The van der Waals surface area contributed by atoms with E-state index < -0.39 is 6.10 Å². The van der Waals surface area contributed by atoms with E-state index in [1.807, 2.05) is 20.8 Å². The van der Waals surface area contributed by atoms with Gasteiger partial charge in [-0.15, -0.1) is 0 Å². The van der Waals surface area contributed by atoms with Gasteiger partial charge in [0.15, 0.2) is 17.3 Å². The number of benzene rings is 2. The largest absolute Gasteiger partial charge is 0.507 e. The van der Waals surface area contributed by atoms with Crippen LogP contribution in [0.25, 0.3) is 0 Å². The van der Waals surface area contributed by atoms with Gasteiger partial charge in [-0.2, -0.15) is 0 Å². The van der Waals surface area contributed by atoms with Crippen LogP contribution in [-0.2, 0) is 6.42 Å². The molecule has 7 heteroatoms. The highest BCUT2D eigenvalue weighted by atomic mass is 16.5. The highest BCUT2D eigenvalue weighted by Gasteiger charge is 2.35. The monoisotopic (exact) mass is 454 g/mol. The SMILES string of the molecule is C=C(C)C(CC=C(C)C)Cc1c(O)cc(O)c2c1OC(c1cc(OC)c(O)cc1O)CC2=O. The minimum absolute atomic E-state index is 0.00645. The summed E-state index contributed by atoms with van der Waals surface area (Å²) in [4.78, 5) is 13.0. The maximum atomic E-state index is 13.0. The number of allylic oxidation sites excluding steroid dienone is 3. The molecule has 0 aromatic heterocycles. The van der Waals surface area contributed by atoms with E-state index in [1.54, 1.807) is 0 Å². The van der Waals surface area contributed by atoms with Gasteiger partial charge in [0, 0.05) is 23.3 Å². The lowest BCUT2D eigenvalue weighted by atomic mass is 9.86. The van der Waals surface area contributed by atoms with Crippen LogP contribution in [0.5, 0.6) is 34.5 Å². The summed E-state index contributed by atoms with van der Waals surface area (Å²) in [6.07, 6.45) is 2.08. The third kappa shape index (κ3) is 4.92. The van der Waals surface area contributed by atoms with Gasteiger partial charge in [-0.05, 0) is 45.6 Å². The molecule has 33 heavy (non-hydrogen) atoms. The zero-order chi connectivity index (χ0) is 24.4. The molecule has 7 nitrogen and oxygen atoms in total. The number of phenols is 4. The van der Waals surface area contributed by atoms with Crippen molar-refractivity contribution in [2.45, 2.75) is 46.1 Å². The molecule has 3 rings (SSSR count). The smallest absolute Gasteiger partial charge is 0.174 e. The summed E-state index contributed by atoms with van der Waals surface area (Å²) in [5.74, 6) is -1.27. The zero-order valence-electron chi connectivity index (χ0n) is 19.3. The standard InChI is InChI=1S/C26H30O7/c1-13(2)6-7-15(14(3)4)8-17-19(28)11-21(30)25-22(31)12-23(33-26(17)25)16-9-24(32-5)20(29)10-18(16)27/h6,9-11,15,23,27-30H,3,7-8,12H2,1-2,4-5H3. The third-order valence-electron chi connectivity index (χ3n) is 5.88. The lowest BCUT2D eigenvalue weighted by Crippen LogP contribution is -2.22. The summed E-state index contributed by atoms with van der Waals surface area (Å²) in [6.45, 7) is 9.97. The quantitative estimate of drug-likeness (QED) is 0.419. The first kappa shape index (κ1) is 24.0. The van der Waals surface area contributed by atoms with Crippen molar-refractivity contribution in [2.24, 2.45) is 5.92 Å². The lowest BCUT2D eigenvalue weighted by molar-refractivity contribution is 0.0838. The second-order valence-corrected chi connectivity index (χ2v) is 8.68. The van der Waals surface area contributed by atoms with E-state index in [1.165, 1.54) is 13.2 Å². The van der Waals surface area contributed by atoms with Crippen molar-refractivity contribution >= 4 is 5.78 Å². The normalized spacial score (nSPS) is 15.9. The van der Waals surface area contributed by atoms with E-state index >= 15 is 0 Å². The minimum Gasteiger partial charge on any atom is -0.507 e. The summed E-state index contributed by atoms with van der Waals surface area (Å²) in [5.41, 5.74) is 2.71. The summed E-state index contributed by atoms with van der Waals surface area (Å²) in [5, 5.41) is 41.4. The maximum Gasteiger partial charge on any atom is 0.174 e. The molecule has 4 N–H and O–H groups in total. The van der Waals surface area contributed by atoms with Gasteiger partial charge in [-0.3, -0.25) is 4.79 Å². The highest BCUT2D eigenvalue weighted by molar-refractivity contribution is 6.03. The molecule has 2 aromatic carbocycles. The molecule has 0 saturated heterocycles. The molecule has 0 spiro atoms. The van der Waals surface area contributed by atoms with Crippen LogP contribution >= 0.6 is 0 Å². The van der Waals surface area contributed by atoms with Crippen LogP contribution in [0, 0.1) is 5.92 Å². The molecular weight excluding hydrogens is 424 g/mol. The molecule has 1 aliphatic heterocycles. The second-order valence-electron chi connectivity index (χ2n) is 8.68. The average Bonchev–Trinajstić information content (AvgIpc) is 2.72. The Balaban J connectivity index is 2.08. The van der Waals surface area contributed by atoms with Gasteiger partial charge in [0.25, 0.3) is 0 Å². The molecule has 2 unspecified atom stereocenters. The summed E-state index contributed by atoms with van der Waals surface area (Å²) >= 11 is 0. The third-order valence-corrected chi connectivity index (χ3v) is 5.88. The number of rotatable bonds is 7. The van der Waals surface area contributed by atoms with E-state index in [-0.39, 0.29) is 63.7 Å². The fourth-order valence-electron chi connectivity index (χ4n) is 3.97. The van der Waals surface area contributed by atoms with Gasteiger partial charge in [0.05, 0.1) is 13.5 Å². The number of carbonyl (C=O) groups is 1. The Bertz CT molecular complexity index is 1130. The number of ether oxygens (including phenoxy) is 2. The lowest BCUT2D eigenvalue weighted by Gasteiger charge is -2.30. The van der Waals surface area contributed by atoms with Crippen LogP contribution < -0.4 is 9.47 Å². The fourth-order valence-corrected chi connectivity index (χ4v) is 3.97. The topological polar surface area (TPSA) is 116 Å². The van der Waals surface area contributed by atoms with Gasteiger partial charge in [-0.1, -0.05) is 23.8 Å². The molecule has 0 fully saturated rings. The number of hydrogen-bond donors (Lipinski definition) is 4. The molecule has 0 radical (unpaired) electrons. The van der Waals surface area contributed by atoms with Crippen LogP contribution in [0.15, 0.2) is 42.0 Å². The Morgan fingerprint density at radius 3 is 2.39 bits per heavy atom. The summed E-state index contributed by atoms with van der Waals surface area (Å²) < 4.78 is 11.2. The second kappa shape index (κ2) is 9.48. The van der Waals surface area contributed by atoms with Crippen LogP contribution in [0.4, 0.5) is 0 Å². The summed E-state index contributed by atoms with van der Waals surface area (Å²) in [6, 6.07) is 3.68. The number of Topliss-reactive ketones (excluding diaryl/α,β-unsaturated/α-hetero) is 1. The molecule has 0 saturated carbocycles. The highest BCUT2D eigenvalue weighted by Crippen LogP contribution is 2.48. The molecular formula is C26H30O7. The molecule has 1 aliphatic rings. The number of methoxy groups -OCH3 is 1. The maximum absolute atomic E-state index is 13.0. The van der Waals surface area contributed by atoms with Crippen LogP contribution in [-0.4, -0.2) is 33.3 Å². The Morgan fingerprint density at radius 1 is 1.12 bits per heavy atom. The van der Waals surface area contributed by atoms with Gasteiger partial charge < -0.3 is 29.9 Å². The molecule has 0 amide bonds. The Morgan fingerprint density at radius 2 is 1.79 bits per heavy atom. The molecule has 176 valence electrons. The Kier molecular flexibility index (Phi) is 6.91. The predicted molar refractivity (Wildman–Crippen MR) is 124 cm³/mol.